The predicted molar refractivity (Wildman–Crippen MR) is 63.9 cm³/mol. The quantitative estimate of drug-likeness (QED) is 0.478. The zero-order valence-corrected chi connectivity index (χ0v) is 9.82. The Labute approximate surface area is 101 Å². The molecule has 2 rings (SSSR count). The van der Waals surface area contributed by atoms with Crippen molar-refractivity contribution in [2.24, 2.45) is 0 Å². The molecule has 0 aliphatic heterocycles. The second-order valence-electron chi connectivity index (χ2n) is 3.47. The van der Waals surface area contributed by atoms with E-state index in [0.29, 0.717) is 0 Å². The topological polar surface area (TPSA) is 69.4 Å². The Morgan fingerprint density at radius 2 is 2.24 bits per heavy atom. The van der Waals surface area contributed by atoms with Crippen molar-refractivity contribution in [2.45, 2.75) is 13.5 Å². The number of carbonyl (C=O) groups is 1. The molecule has 0 N–H and O–H groups in total. The summed E-state index contributed by atoms with van der Waals surface area (Å²) in [5, 5.41) is 11.5. The van der Waals surface area contributed by atoms with Gasteiger partial charge < -0.3 is 4.74 Å². The van der Waals surface area contributed by atoms with Crippen LogP contribution in [0.3, 0.4) is 0 Å². The first-order chi connectivity index (χ1) is 8.06. The molecule has 0 aliphatic rings. The first-order valence-corrected chi connectivity index (χ1v) is 5.68. The maximum atomic E-state index is 10.7. The third-order valence-corrected chi connectivity index (χ3v) is 3.25. The number of thiophene rings is 1. The van der Waals surface area contributed by atoms with E-state index in [1.807, 2.05) is 6.07 Å². The predicted octanol–water partition coefficient (Wildman–Crippen LogP) is 2.87. The summed E-state index contributed by atoms with van der Waals surface area (Å²) in [5.41, 5.74) is 0.0680. The van der Waals surface area contributed by atoms with Crippen molar-refractivity contribution in [3.05, 3.63) is 39.3 Å². The third kappa shape index (κ3) is 2.59. The van der Waals surface area contributed by atoms with Crippen LogP contribution in [-0.2, 0) is 16.1 Å². The van der Waals surface area contributed by atoms with Crippen molar-refractivity contribution in [3.63, 3.8) is 0 Å². The number of ether oxygens (including phenoxy) is 1. The van der Waals surface area contributed by atoms with Crippen LogP contribution < -0.4 is 0 Å². The highest BCUT2D eigenvalue weighted by Crippen LogP contribution is 2.29. The van der Waals surface area contributed by atoms with Crippen LogP contribution in [-0.4, -0.2) is 10.9 Å². The van der Waals surface area contributed by atoms with E-state index in [2.05, 4.69) is 0 Å². The average molecular weight is 251 g/mol. The van der Waals surface area contributed by atoms with E-state index in [9.17, 15) is 14.9 Å². The van der Waals surface area contributed by atoms with Gasteiger partial charge in [0.2, 0.25) is 0 Å². The molecule has 1 aromatic heterocycles. The van der Waals surface area contributed by atoms with Crippen molar-refractivity contribution >= 4 is 33.1 Å². The van der Waals surface area contributed by atoms with Gasteiger partial charge in [0, 0.05) is 28.6 Å². The van der Waals surface area contributed by atoms with E-state index in [1.54, 1.807) is 6.07 Å². The van der Waals surface area contributed by atoms with E-state index >= 15 is 0 Å². The monoisotopic (exact) mass is 251 g/mol. The molecule has 1 aromatic carbocycles. The summed E-state index contributed by atoms with van der Waals surface area (Å²) in [6.45, 7) is 1.56. The molecule has 0 amide bonds. The minimum atomic E-state index is -0.426. The summed E-state index contributed by atoms with van der Waals surface area (Å²) in [5.74, 6) is -0.339. The Morgan fingerprint density at radius 1 is 1.47 bits per heavy atom. The van der Waals surface area contributed by atoms with Gasteiger partial charge in [-0.05, 0) is 17.5 Å². The number of hydrogen-bond acceptors (Lipinski definition) is 5. The normalized spacial score (nSPS) is 10.4. The van der Waals surface area contributed by atoms with Crippen molar-refractivity contribution in [2.75, 3.05) is 0 Å². The standard InChI is InChI=1S/C11H9NO4S/c1-7(13)16-6-10-4-8-2-3-9(12(14)15)5-11(8)17-10/h2-5H,6H2,1H3. The zero-order chi connectivity index (χ0) is 12.4. The van der Waals surface area contributed by atoms with Gasteiger partial charge in [0.05, 0.1) is 4.92 Å². The van der Waals surface area contributed by atoms with Gasteiger partial charge >= 0.3 is 5.97 Å². The highest BCUT2D eigenvalue weighted by Gasteiger charge is 2.09. The van der Waals surface area contributed by atoms with Gasteiger partial charge in [0.15, 0.2) is 0 Å². The Bertz CT molecular complexity index is 590. The van der Waals surface area contributed by atoms with Gasteiger partial charge in [0.25, 0.3) is 5.69 Å². The molecule has 17 heavy (non-hydrogen) atoms. The number of nitrogens with zero attached hydrogens (tertiary/aromatic N) is 1. The van der Waals surface area contributed by atoms with Crippen LogP contribution in [0.2, 0.25) is 0 Å². The lowest BCUT2D eigenvalue weighted by atomic mass is 10.2. The average Bonchev–Trinajstić information content (AvgIpc) is 2.67. The molecule has 6 heteroatoms. The largest absolute Gasteiger partial charge is 0.460 e. The summed E-state index contributed by atoms with van der Waals surface area (Å²) in [6.07, 6.45) is 0. The van der Waals surface area contributed by atoms with Crippen molar-refractivity contribution in [1.82, 2.24) is 0 Å². The minimum absolute atomic E-state index is 0.0680. The summed E-state index contributed by atoms with van der Waals surface area (Å²) in [7, 11) is 0. The number of nitro benzene ring substituents is 1. The lowest BCUT2D eigenvalue weighted by Crippen LogP contribution is -1.96. The molecular formula is C11H9NO4S. The zero-order valence-electron chi connectivity index (χ0n) is 9.00. The van der Waals surface area contributed by atoms with Crippen LogP contribution in [0.4, 0.5) is 5.69 Å². The number of rotatable bonds is 3. The number of fused-ring (bicyclic) bond motifs is 1. The molecule has 0 saturated heterocycles. The van der Waals surface area contributed by atoms with Gasteiger partial charge in [-0.1, -0.05) is 0 Å². The molecule has 88 valence electrons. The molecule has 0 radical (unpaired) electrons. The Balaban J connectivity index is 2.30. The molecule has 1 heterocycles. The third-order valence-electron chi connectivity index (χ3n) is 2.18. The number of benzene rings is 1. The Kier molecular flexibility index (Phi) is 3.06. The number of carbonyl (C=O) groups excluding carboxylic acids is 1. The van der Waals surface area contributed by atoms with Crippen LogP contribution in [0.15, 0.2) is 24.3 Å². The van der Waals surface area contributed by atoms with Gasteiger partial charge in [-0.15, -0.1) is 11.3 Å². The number of esters is 1. The van der Waals surface area contributed by atoms with Gasteiger partial charge in [-0.25, -0.2) is 0 Å². The van der Waals surface area contributed by atoms with Crippen LogP contribution in [0.25, 0.3) is 10.1 Å². The van der Waals surface area contributed by atoms with Crippen LogP contribution in [0.5, 0.6) is 0 Å². The van der Waals surface area contributed by atoms with E-state index < -0.39 is 4.92 Å². The van der Waals surface area contributed by atoms with E-state index in [0.717, 1.165) is 15.0 Å². The molecular weight excluding hydrogens is 242 g/mol. The summed E-state index contributed by atoms with van der Waals surface area (Å²) in [4.78, 5) is 21.7. The first-order valence-electron chi connectivity index (χ1n) is 4.86. The molecule has 0 aliphatic carbocycles. The smallest absolute Gasteiger partial charge is 0.302 e. The molecule has 0 fully saturated rings. The fraction of sp³-hybridized carbons (Fsp3) is 0.182. The number of non-ortho nitro benzene ring substituents is 1. The fourth-order valence-electron chi connectivity index (χ4n) is 1.43. The van der Waals surface area contributed by atoms with E-state index in [1.165, 1.54) is 30.4 Å². The van der Waals surface area contributed by atoms with Crippen LogP contribution in [0.1, 0.15) is 11.8 Å². The number of nitro groups is 1. The summed E-state index contributed by atoms with van der Waals surface area (Å²) < 4.78 is 5.69. The van der Waals surface area contributed by atoms with Gasteiger partial charge in [0.1, 0.15) is 6.61 Å². The second-order valence-corrected chi connectivity index (χ2v) is 4.64. The van der Waals surface area contributed by atoms with Gasteiger partial charge in [-0.3, -0.25) is 14.9 Å². The number of hydrogen-bond donors (Lipinski definition) is 0. The second kappa shape index (κ2) is 4.50. The molecule has 0 atom stereocenters. The highest BCUT2D eigenvalue weighted by atomic mass is 32.1. The molecule has 2 aromatic rings. The molecule has 0 saturated carbocycles. The summed E-state index contributed by atoms with van der Waals surface area (Å²) in [6, 6.07) is 6.55. The SMILES string of the molecule is CC(=O)OCc1cc2ccc([N+](=O)[O-])cc2s1. The molecule has 0 bridgehead atoms. The molecule has 0 spiro atoms. The van der Waals surface area contributed by atoms with Crippen molar-refractivity contribution in [3.8, 4) is 0 Å². The summed E-state index contributed by atoms with van der Waals surface area (Å²) >= 11 is 1.39. The molecule has 0 unspecified atom stereocenters. The van der Waals surface area contributed by atoms with Crippen LogP contribution >= 0.6 is 11.3 Å². The van der Waals surface area contributed by atoms with Crippen molar-refractivity contribution < 1.29 is 14.5 Å². The highest BCUT2D eigenvalue weighted by molar-refractivity contribution is 7.19. The lowest BCUT2D eigenvalue weighted by Gasteiger charge is -1.96. The maximum absolute atomic E-state index is 10.7. The maximum Gasteiger partial charge on any atom is 0.302 e. The minimum Gasteiger partial charge on any atom is -0.460 e. The van der Waals surface area contributed by atoms with Gasteiger partial charge in [-0.2, -0.15) is 0 Å². The first kappa shape index (κ1) is 11.5. The van der Waals surface area contributed by atoms with E-state index in [4.69, 9.17) is 4.74 Å². The Hall–Kier alpha value is -1.95. The lowest BCUT2D eigenvalue weighted by molar-refractivity contribution is -0.384. The van der Waals surface area contributed by atoms with E-state index in [-0.39, 0.29) is 18.3 Å². The molecule has 5 nitrogen and oxygen atoms in total. The Morgan fingerprint density at radius 3 is 2.88 bits per heavy atom. The van der Waals surface area contributed by atoms with Crippen molar-refractivity contribution in [1.29, 1.82) is 0 Å². The van der Waals surface area contributed by atoms with Crippen LogP contribution in [0, 0.1) is 10.1 Å². The fourth-order valence-corrected chi connectivity index (χ4v) is 2.44.